The monoisotopic (exact) mass is 153 g/mol. The largest absolute Gasteiger partial charge is 0.549 e. The molecule has 0 aliphatic heterocycles. The average molecular weight is 153 g/mol. The first-order valence-electron chi connectivity index (χ1n) is 0.408. The first-order valence-corrected chi connectivity index (χ1v) is 1.22. The molecule has 0 spiro atoms. The molecule has 0 fully saturated rings. The number of hydrogen-bond donors (Lipinski definition) is 0. The molecule has 2 nitrogen and oxygen atoms in total. The van der Waals surface area contributed by atoms with E-state index < -0.39 is 9.29 Å². The van der Waals surface area contributed by atoms with Crippen LogP contribution in [0.3, 0.4) is 0 Å². The summed E-state index contributed by atoms with van der Waals surface area (Å²) in [5, 5.41) is 0. The van der Waals surface area contributed by atoms with Crippen molar-refractivity contribution in [2.24, 2.45) is 0 Å². The van der Waals surface area contributed by atoms with Gasteiger partial charge in [-0.3, -0.25) is 8.92 Å². The second-order valence-electron chi connectivity index (χ2n) is 0.0833. The molecule has 0 bridgehead atoms. The Labute approximate surface area is 41.0 Å². The molecule has 0 N–H and O–H groups in total. The van der Waals surface area contributed by atoms with Crippen molar-refractivity contribution in [2.45, 2.75) is 0 Å². The molecule has 0 aliphatic carbocycles. The molecule has 4 heteroatoms. The van der Waals surface area contributed by atoms with Crippen LogP contribution >= 0.6 is 0 Å². The van der Waals surface area contributed by atoms with Gasteiger partial charge in [-0.2, -0.15) is 0 Å². The Balaban J connectivity index is 0. The maximum absolute atomic E-state index is 8.40. The minimum atomic E-state index is -1.42. The van der Waals surface area contributed by atoms with E-state index in [-0.39, 0.29) is 22.4 Å². The standard InChI is InChI=1S/Nb.O2Si/c;1-3-2. The van der Waals surface area contributed by atoms with Gasteiger partial charge in [0, 0.05) is 22.4 Å². The second kappa shape index (κ2) is 9.59. The van der Waals surface area contributed by atoms with Gasteiger partial charge in [-0.25, -0.2) is 0 Å². The SMILES string of the molecule is O=[Si]=O.[Nb]. The summed E-state index contributed by atoms with van der Waals surface area (Å²) >= 11 is 0. The Morgan fingerprint density at radius 2 is 1.25 bits per heavy atom. The summed E-state index contributed by atoms with van der Waals surface area (Å²) in [7, 11) is -1.42. The third-order valence-electron chi connectivity index (χ3n) is 0. The van der Waals surface area contributed by atoms with Crippen LogP contribution < -0.4 is 0 Å². The Kier molecular flexibility index (Phi) is 21.1. The molecule has 0 aromatic carbocycles. The van der Waals surface area contributed by atoms with Crippen LogP contribution in [0.4, 0.5) is 0 Å². The van der Waals surface area contributed by atoms with Crippen molar-refractivity contribution in [3.8, 4) is 0 Å². The third-order valence-corrected chi connectivity index (χ3v) is 0. The van der Waals surface area contributed by atoms with E-state index in [1.807, 2.05) is 0 Å². The van der Waals surface area contributed by atoms with Crippen molar-refractivity contribution >= 4 is 9.29 Å². The second-order valence-corrected chi connectivity index (χ2v) is 0.250. The van der Waals surface area contributed by atoms with Gasteiger partial charge in [0.2, 0.25) is 0 Å². The van der Waals surface area contributed by atoms with Crippen molar-refractivity contribution in [3.63, 3.8) is 0 Å². The predicted molar refractivity (Wildman–Crippen MR) is 7.13 cm³/mol. The van der Waals surface area contributed by atoms with Crippen molar-refractivity contribution in [3.05, 3.63) is 0 Å². The van der Waals surface area contributed by atoms with Gasteiger partial charge in [-0.1, -0.05) is 0 Å². The summed E-state index contributed by atoms with van der Waals surface area (Å²) in [6.45, 7) is 0. The van der Waals surface area contributed by atoms with Crippen LogP contribution in [0.15, 0.2) is 0 Å². The maximum Gasteiger partial charge on any atom is 0.549 e. The van der Waals surface area contributed by atoms with Crippen LogP contribution in [0.25, 0.3) is 0 Å². The van der Waals surface area contributed by atoms with Gasteiger partial charge in [0.05, 0.1) is 0 Å². The Bertz CT molecular complexity index is 27.0. The Morgan fingerprint density at radius 3 is 1.25 bits per heavy atom. The first kappa shape index (κ1) is 8.82. The van der Waals surface area contributed by atoms with E-state index >= 15 is 0 Å². The summed E-state index contributed by atoms with van der Waals surface area (Å²) in [6.07, 6.45) is 0. The number of hydrogen-bond acceptors (Lipinski definition) is 2. The van der Waals surface area contributed by atoms with Gasteiger partial charge in [0.1, 0.15) is 0 Å². The minimum Gasteiger partial charge on any atom is -0.274 e. The normalized spacial score (nSPS) is 2.00. The van der Waals surface area contributed by atoms with Gasteiger partial charge in [-0.05, 0) is 0 Å². The van der Waals surface area contributed by atoms with Gasteiger partial charge in [0.15, 0.2) is 0 Å². The van der Waals surface area contributed by atoms with Gasteiger partial charge >= 0.3 is 9.29 Å². The predicted octanol–water partition coefficient (Wildman–Crippen LogP) is -0.621. The van der Waals surface area contributed by atoms with Crippen molar-refractivity contribution in [1.82, 2.24) is 0 Å². The zero-order valence-corrected chi connectivity index (χ0v) is 4.96. The molecule has 0 unspecified atom stereocenters. The summed E-state index contributed by atoms with van der Waals surface area (Å²) in [6, 6.07) is 0. The fraction of sp³-hybridized carbons (Fsp3) is 0. The summed E-state index contributed by atoms with van der Waals surface area (Å²) in [4.78, 5) is 0. The van der Waals surface area contributed by atoms with E-state index in [4.69, 9.17) is 8.92 Å². The van der Waals surface area contributed by atoms with E-state index in [9.17, 15) is 0 Å². The van der Waals surface area contributed by atoms with Gasteiger partial charge in [0.25, 0.3) is 0 Å². The third kappa shape index (κ3) is 20.0. The van der Waals surface area contributed by atoms with Gasteiger partial charge < -0.3 is 0 Å². The van der Waals surface area contributed by atoms with E-state index in [1.54, 1.807) is 0 Å². The molecule has 0 aromatic rings. The van der Waals surface area contributed by atoms with E-state index in [0.717, 1.165) is 0 Å². The summed E-state index contributed by atoms with van der Waals surface area (Å²) in [5.41, 5.74) is 0. The summed E-state index contributed by atoms with van der Waals surface area (Å²) in [5.74, 6) is 0. The van der Waals surface area contributed by atoms with Crippen molar-refractivity contribution in [2.75, 3.05) is 0 Å². The first-order chi connectivity index (χ1) is 1.41. The van der Waals surface area contributed by atoms with Crippen LogP contribution in [0.5, 0.6) is 0 Å². The fourth-order valence-electron chi connectivity index (χ4n) is 0. The molecule has 0 atom stereocenters. The Hall–Kier alpha value is 0.557. The zero-order chi connectivity index (χ0) is 2.71. The maximum atomic E-state index is 8.40. The molecule has 1 radical (unpaired) electrons. The van der Waals surface area contributed by atoms with Crippen molar-refractivity contribution in [1.29, 1.82) is 0 Å². The molecule has 0 rings (SSSR count). The smallest absolute Gasteiger partial charge is 0.274 e. The van der Waals surface area contributed by atoms with Crippen LogP contribution in [-0.2, 0) is 31.3 Å². The van der Waals surface area contributed by atoms with E-state index in [0.29, 0.717) is 0 Å². The molecule has 4 heavy (non-hydrogen) atoms. The molecule has 0 amide bonds. The van der Waals surface area contributed by atoms with Crippen LogP contribution in [-0.4, -0.2) is 9.29 Å². The fourth-order valence-corrected chi connectivity index (χ4v) is 0. The molecule has 21 valence electrons. The molecular weight excluding hydrogens is 153 g/mol. The zero-order valence-electron chi connectivity index (χ0n) is 1.76. The molecule has 0 aliphatic rings. The molecule has 0 saturated carbocycles. The summed E-state index contributed by atoms with van der Waals surface area (Å²) < 4.78 is 16.8. The quantitative estimate of drug-likeness (QED) is 0.434. The van der Waals surface area contributed by atoms with Crippen LogP contribution in [0.2, 0.25) is 0 Å². The average Bonchev–Trinajstić information content (AvgIpc) is 0.918. The molecule has 0 saturated heterocycles. The van der Waals surface area contributed by atoms with Gasteiger partial charge in [-0.15, -0.1) is 0 Å². The van der Waals surface area contributed by atoms with Crippen LogP contribution in [0.1, 0.15) is 0 Å². The van der Waals surface area contributed by atoms with Crippen LogP contribution in [0, 0.1) is 0 Å². The minimum absolute atomic E-state index is 0. The molecular formula is NbO2Si. The topological polar surface area (TPSA) is 34.1 Å². The molecule has 0 heterocycles. The van der Waals surface area contributed by atoms with Crippen molar-refractivity contribution < 1.29 is 31.3 Å². The number of rotatable bonds is 0. The molecule has 0 aromatic heterocycles. The van der Waals surface area contributed by atoms with E-state index in [1.165, 1.54) is 0 Å². The Morgan fingerprint density at radius 1 is 1.25 bits per heavy atom. The van der Waals surface area contributed by atoms with E-state index in [2.05, 4.69) is 0 Å².